The van der Waals surface area contributed by atoms with Crippen LogP contribution >= 0.6 is 0 Å². The Morgan fingerprint density at radius 2 is 2.10 bits per heavy atom. The fourth-order valence-corrected chi connectivity index (χ4v) is 2.55. The number of hydrogen-bond donors (Lipinski definition) is 1. The number of fused-ring (bicyclic) bond motifs is 1. The van der Waals surface area contributed by atoms with Crippen molar-refractivity contribution in [2.75, 3.05) is 30.4 Å². The van der Waals surface area contributed by atoms with Crippen molar-refractivity contribution in [1.82, 2.24) is 9.97 Å². The zero-order chi connectivity index (χ0) is 13.9. The lowest BCUT2D eigenvalue weighted by atomic mass is 10.1. The minimum Gasteiger partial charge on any atom is -0.372 e. The van der Waals surface area contributed by atoms with Gasteiger partial charge in [-0.1, -0.05) is 0 Å². The van der Waals surface area contributed by atoms with Crippen molar-refractivity contribution >= 4 is 11.5 Å². The van der Waals surface area contributed by atoms with Crippen molar-refractivity contribution < 1.29 is 0 Å². The standard InChI is InChI=1S/C16H20N4/c1-12-9-13(11-17-10-12)14-5-6-15-16(19-14)18-7-3-4-8-20(15)2/h5-6,9-11H,3-4,7-8H2,1-2H3,(H,18,19). The lowest BCUT2D eigenvalue weighted by molar-refractivity contribution is 0.728. The molecule has 0 atom stereocenters. The van der Waals surface area contributed by atoms with Gasteiger partial charge in [0.15, 0.2) is 0 Å². The van der Waals surface area contributed by atoms with Crippen molar-refractivity contribution in [3.63, 3.8) is 0 Å². The Labute approximate surface area is 119 Å². The van der Waals surface area contributed by atoms with E-state index in [1.54, 1.807) is 0 Å². The van der Waals surface area contributed by atoms with E-state index < -0.39 is 0 Å². The van der Waals surface area contributed by atoms with Crippen LogP contribution in [0.5, 0.6) is 0 Å². The van der Waals surface area contributed by atoms with Crippen molar-refractivity contribution in [3.8, 4) is 11.3 Å². The zero-order valence-electron chi connectivity index (χ0n) is 12.1. The lowest BCUT2D eigenvalue weighted by Crippen LogP contribution is -2.24. The molecule has 3 heterocycles. The number of nitrogens with one attached hydrogen (secondary N) is 1. The van der Waals surface area contributed by atoms with Crippen LogP contribution in [0, 0.1) is 6.92 Å². The van der Waals surface area contributed by atoms with Gasteiger partial charge in [0.1, 0.15) is 5.82 Å². The lowest BCUT2D eigenvalue weighted by Gasteiger charge is -2.25. The summed E-state index contributed by atoms with van der Waals surface area (Å²) in [5.74, 6) is 0.978. The maximum Gasteiger partial charge on any atom is 0.150 e. The van der Waals surface area contributed by atoms with Crippen LogP contribution < -0.4 is 10.2 Å². The van der Waals surface area contributed by atoms with E-state index in [4.69, 9.17) is 4.98 Å². The van der Waals surface area contributed by atoms with Gasteiger partial charge in [0, 0.05) is 38.1 Å². The first-order valence-electron chi connectivity index (χ1n) is 7.12. The quantitative estimate of drug-likeness (QED) is 0.863. The average molecular weight is 268 g/mol. The summed E-state index contributed by atoms with van der Waals surface area (Å²) >= 11 is 0. The molecule has 0 aliphatic carbocycles. The first-order valence-corrected chi connectivity index (χ1v) is 7.12. The van der Waals surface area contributed by atoms with Crippen molar-refractivity contribution in [2.45, 2.75) is 19.8 Å². The van der Waals surface area contributed by atoms with Crippen LogP contribution in [0.1, 0.15) is 18.4 Å². The zero-order valence-corrected chi connectivity index (χ0v) is 12.1. The van der Waals surface area contributed by atoms with Gasteiger partial charge in [-0.25, -0.2) is 4.98 Å². The molecule has 0 saturated heterocycles. The molecule has 2 aromatic rings. The number of pyridine rings is 2. The second kappa shape index (κ2) is 5.49. The van der Waals surface area contributed by atoms with Crippen LogP contribution in [0.3, 0.4) is 0 Å². The molecule has 0 amide bonds. The summed E-state index contributed by atoms with van der Waals surface area (Å²) in [4.78, 5) is 11.3. The molecule has 1 aliphatic heterocycles. The summed E-state index contributed by atoms with van der Waals surface area (Å²) in [7, 11) is 2.13. The second-order valence-electron chi connectivity index (χ2n) is 5.37. The third-order valence-electron chi connectivity index (χ3n) is 3.67. The Balaban J connectivity index is 2.01. The van der Waals surface area contributed by atoms with Crippen LogP contribution in [0.4, 0.5) is 11.5 Å². The summed E-state index contributed by atoms with van der Waals surface area (Å²) in [5, 5.41) is 3.45. The Morgan fingerprint density at radius 1 is 1.20 bits per heavy atom. The van der Waals surface area contributed by atoms with Gasteiger partial charge >= 0.3 is 0 Å². The molecular weight excluding hydrogens is 248 g/mol. The number of nitrogens with zero attached hydrogens (tertiary/aromatic N) is 3. The van der Waals surface area contributed by atoms with Crippen molar-refractivity contribution in [3.05, 3.63) is 36.2 Å². The Bertz CT molecular complexity index is 609. The van der Waals surface area contributed by atoms with Crippen LogP contribution in [0.25, 0.3) is 11.3 Å². The Kier molecular flexibility index (Phi) is 3.54. The van der Waals surface area contributed by atoms with E-state index in [9.17, 15) is 0 Å². The number of anilines is 2. The van der Waals surface area contributed by atoms with E-state index in [1.165, 1.54) is 18.5 Å². The van der Waals surface area contributed by atoms with E-state index in [0.29, 0.717) is 0 Å². The molecule has 104 valence electrons. The second-order valence-corrected chi connectivity index (χ2v) is 5.37. The molecule has 0 aromatic carbocycles. The highest BCUT2D eigenvalue weighted by molar-refractivity contribution is 5.71. The van der Waals surface area contributed by atoms with Gasteiger partial charge < -0.3 is 10.2 Å². The van der Waals surface area contributed by atoms with Gasteiger partial charge in [-0.3, -0.25) is 4.98 Å². The normalized spacial score (nSPS) is 15.0. The van der Waals surface area contributed by atoms with Crippen LogP contribution in [0.15, 0.2) is 30.6 Å². The molecule has 1 aliphatic rings. The smallest absolute Gasteiger partial charge is 0.150 e. The third-order valence-corrected chi connectivity index (χ3v) is 3.67. The Hall–Kier alpha value is -2.10. The monoisotopic (exact) mass is 268 g/mol. The Morgan fingerprint density at radius 3 is 2.95 bits per heavy atom. The summed E-state index contributed by atoms with van der Waals surface area (Å²) < 4.78 is 0. The molecule has 0 unspecified atom stereocenters. The SMILES string of the molecule is Cc1cncc(-c2ccc3c(n2)NCCCCN3C)c1. The van der Waals surface area contributed by atoms with Gasteiger partial charge in [-0.2, -0.15) is 0 Å². The fourth-order valence-electron chi connectivity index (χ4n) is 2.55. The number of aromatic nitrogens is 2. The molecule has 20 heavy (non-hydrogen) atoms. The van der Waals surface area contributed by atoms with Crippen LogP contribution in [0.2, 0.25) is 0 Å². The van der Waals surface area contributed by atoms with Crippen LogP contribution in [-0.2, 0) is 0 Å². The molecule has 0 saturated carbocycles. The van der Waals surface area contributed by atoms with E-state index in [0.717, 1.165) is 35.7 Å². The molecule has 4 heteroatoms. The molecule has 1 N–H and O–H groups in total. The number of aryl methyl sites for hydroxylation is 1. The number of hydrogen-bond acceptors (Lipinski definition) is 4. The molecule has 0 spiro atoms. The summed E-state index contributed by atoms with van der Waals surface area (Å²) in [6.45, 7) is 4.13. The van der Waals surface area contributed by atoms with E-state index >= 15 is 0 Å². The van der Waals surface area contributed by atoms with Gasteiger partial charge in [-0.15, -0.1) is 0 Å². The van der Waals surface area contributed by atoms with E-state index in [1.807, 2.05) is 12.4 Å². The summed E-state index contributed by atoms with van der Waals surface area (Å²) in [5.41, 5.74) is 4.37. The molecule has 0 fully saturated rings. The van der Waals surface area contributed by atoms with Gasteiger partial charge in [-0.05, 0) is 43.5 Å². The fraction of sp³-hybridized carbons (Fsp3) is 0.375. The molecule has 0 bridgehead atoms. The van der Waals surface area contributed by atoms with Crippen molar-refractivity contribution in [2.24, 2.45) is 0 Å². The van der Waals surface area contributed by atoms with E-state index in [-0.39, 0.29) is 0 Å². The minimum absolute atomic E-state index is 0.974. The average Bonchev–Trinajstić information content (AvgIpc) is 2.44. The highest BCUT2D eigenvalue weighted by Gasteiger charge is 2.13. The topological polar surface area (TPSA) is 41.1 Å². The van der Waals surface area contributed by atoms with E-state index in [2.05, 4.69) is 47.4 Å². The molecule has 3 rings (SSSR count). The molecule has 4 nitrogen and oxygen atoms in total. The van der Waals surface area contributed by atoms with Gasteiger partial charge in [0.25, 0.3) is 0 Å². The van der Waals surface area contributed by atoms with Crippen molar-refractivity contribution in [1.29, 1.82) is 0 Å². The largest absolute Gasteiger partial charge is 0.372 e. The van der Waals surface area contributed by atoms with Crippen LogP contribution in [-0.4, -0.2) is 30.1 Å². The highest BCUT2D eigenvalue weighted by atomic mass is 15.1. The van der Waals surface area contributed by atoms with Gasteiger partial charge in [0.2, 0.25) is 0 Å². The van der Waals surface area contributed by atoms with Gasteiger partial charge in [0.05, 0.1) is 11.4 Å². The highest BCUT2D eigenvalue weighted by Crippen LogP contribution is 2.28. The number of rotatable bonds is 1. The summed E-state index contributed by atoms with van der Waals surface area (Å²) in [6.07, 6.45) is 6.13. The summed E-state index contributed by atoms with van der Waals surface area (Å²) in [6, 6.07) is 6.35. The maximum atomic E-state index is 4.78. The minimum atomic E-state index is 0.974. The predicted octanol–water partition coefficient (Wildman–Crippen LogP) is 3.09. The molecular formula is C16H20N4. The molecule has 2 aromatic heterocycles. The first-order chi connectivity index (χ1) is 9.74. The third kappa shape index (κ3) is 2.59. The molecule has 0 radical (unpaired) electrons. The first kappa shape index (κ1) is 12.9. The maximum absolute atomic E-state index is 4.78. The predicted molar refractivity (Wildman–Crippen MR) is 83.2 cm³/mol.